The first-order chi connectivity index (χ1) is 10.3. The highest BCUT2D eigenvalue weighted by Crippen LogP contribution is 2.21. The number of halogens is 3. The SMILES string of the molecule is CC(C)(Cl)Cn1ncc(OCc2cccnc2I)c(Cl)c1=O. The van der Waals surface area contributed by atoms with E-state index in [0.29, 0.717) is 0 Å². The van der Waals surface area contributed by atoms with Crippen LogP contribution in [0.15, 0.2) is 29.3 Å². The third kappa shape index (κ3) is 4.57. The van der Waals surface area contributed by atoms with Gasteiger partial charge < -0.3 is 4.74 Å². The summed E-state index contributed by atoms with van der Waals surface area (Å²) in [5.41, 5.74) is 0.485. The Kier molecular flexibility index (Phi) is 5.68. The third-order valence-electron chi connectivity index (χ3n) is 2.70. The fourth-order valence-electron chi connectivity index (χ4n) is 1.70. The van der Waals surface area contributed by atoms with Crippen LogP contribution >= 0.6 is 45.8 Å². The maximum atomic E-state index is 12.2. The van der Waals surface area contributed by atoms with Crippen LogP contribution in [0.5, 0.6) is 5.75 Å². The summed E-state index contributed by atoms with van der Waals surface area (Å²) in [6.45, 7) is 4.11. The van der Waals surface area contributed by atoms with Gasteiger partial charge in [0.1, 0.15) is 10.3 Å². The van der Waals surface area contributed by atoms with Crippen LogP contribution in [0.3, 0.4) is 0 Å². The minimum Gasteiger partial charge on any atom is -0.485 e. The van der Waals surface area contributed by atoms with E-state index in [4.69, 9.17) is 27.9 Å². The van der Waals surface area contributed by atoms with E-state index < -0.39 is 10.4 Å². The molecule has 2 rings (SSSR count). The Bertz CT molecular complexity index is 729. The summed E-state index contributed by atoms with van der Waals surface area (Å²) < 4.78 is 7.65. The highest BCUT2D eigenvalue weighted by molar-refractivity contribution is 14.1. The lowest BCUT2D eigenvalue weighted by atomic mass is 10.2. The Labute approximate surface area is 151 Å². The number of ether oxygens (including phenoxy) is 1. The molecule has 0 atom stereocenters. The van der Waals surface area contributed by atoms with Crippen molar-refractivity contribution >= 4 is 45.8 Å². The van der Waals surface area contributed by atoms with Crippen LogP contribution < -0.4 is 10.3 Å². The third-order valence-corrected chi connectivity index (χ3v) is 4.14. The minimum atomic E-state index is -0.589. The van der Waals surface area contributed by atoms with Crippen LogP contribution in [0.4, 0.5) is 0 Å². The molecule has 0 fully saturated rings. The normalized spacial score (nSPS) is 11.5. The van der Waals surface area contributed by atoms with Crippen molar-refractivity contribution < 1.29 is 4.74 Å². The highest BCUT2D eigenvalue weighted by atomic mass is 127. The highest BCUT2D eigenvalue weighted by Gasteiger charge is 2.18. The lowest BCUT2D eigenvalue weighted by Crippen LogP contribution is -2.31. The summed E-state index contributed by atoms with van der Waals surface area (Å²) in [7, 11) is 0. The molecule has 0 bridgehead atoms. The van der Waals surface area contributed by atoms with Gasteiger partial charge in [-0.25, -0.2) is 9.67 Å². The van der Waals surface area contributed by atoms with E-state index in [1.54, 1.807) is 20.0 Å². The van der Waals surface area contributed by atoms with Crippen LogP contribution in [-0.2, 0) is 13.2 Å². The standard InChI is InChI=1S/C14H14Cl2IN3O2/c1-14(2,16)8-20-13(21)11(15)10(6-19-20)22-7-9-4-3-5-18-12(9)17/h3-6H,7-8H2,1-2H3. The molecule has 0 radical (unpaired) electrons. The van der Waals surface area contributed by atoms with Crippen LogP contribution in [0, 0.1) is 3.70 Å². The molecule has 0 aromatic carbocycles. The number of pyridine rings is 1. The van der Waals surface area contributed by atoms with Gasteiger partial charge in [0.05, 0.1) is 17.6 Å². The van der Waals surface area contributed by atoms with E-state index >= 15 is 0 Å². The van der Waals surface area contributed by atoms with Crippen LogP contribution in [0.25, 0.3) is 0 Å². The molecule has 0 saturated carbocycles. The van der Waals surface area contributed by atoms with Gasteiger partial charge >= 0.3 is 0 Å². The Morgan fingerprint density at radius 1 is 1.45 bits per heavy atom. The predicted octanol–water partition coefficient (Wildman–Crippen LogP) is 3.49. The van der Waals surface area contributed by atoms with Crippen molar-refractivity contribution in [1.29, 1.82) is 0 Å². The molecule has 0 aliphatic carbocycles. The van der Waals surface area contributed by atoms with Crippen molar-refractivity contribution in [2.24, 2.45) is 0 Å². The Balaban J connectivity index is 2.18. The average molecular weight is 454 g/mol. The van der Waals surface area contributed by atoms with Gasteiger partial charge in [-0.1, -0.05) is 17.7 Å². The maximum Gasteiger partial charge on any atom is 0.289 e. The molecule has 22 heavy (non-hydrogen) atoms. The van der Waals surface area contributed by atoms with Gasteiger partial charge in [0.15, 0.2) is 10.8 Å². The first-order valence-corrected chi connectivity index (χ1v) is 8.28. The molecule has 0 amide bonds. The molecular weight excluding hydrogens is 440 g/mol. The number of nitrogens with zero attached hydrogens (tertiary/aromatic N) is 3. The second-order valence-electron chi connectivity index (χ2n) is 5.25. The van der Waals surface area contributed by atoms with E-state index in [1.807, 2.05) is 12.1 Å². The van der Waals surface area contributed by atoms with Crippen LogP contribution in [0.2, 0.25) is 5.02 Å². The Hall–Kier alpha value is -0.860. The van der Waals surface area contributed by atoms with Gasteiger partial charge in [-0.3, -0.25) is 4.79 Å². The lowest BCUT2D eigenvalue weighted by Gasteiger charge is -2.17. The monoisotopic (exact) mass is 453 g/mol. The summed E-state index contributed by atoms with van der Waals surface area (Å²) in [6.07, 6.45) is 3.13. The summed E-state index contributed by atoms with van der Waals surface area (Å²) in [6, 6.07) is 3.72. The smallest absolute Gasteiger partial charge is 0.289 e. The second-order valence-corrected chi connectivity index (χ2v) is 7.67. The minimum absolute atomic E-state index is 0.00480. The molecule has 0 saturated heterocycles. The number of rotatable bonds is 5. The van der Waals surface area contributed by atoms with Gasteiger partial charge in [-0.2, -0.15) is 5.10 Å². The number of alkyl halides is 1. The summed E-state index contributed by atoms with van der Waals surface area (Å²) in [4.78, 5) is 15.7. The van der Waals surface area contributed by atoms with E-state index in [0.717, 1.165) is 9.26 Å². The van der Waals surface area contributed by atoms with Gasteiger partial charge in [-0.15, -0.1) is 11.6 Å². The van der Waals surface area contributed by atoms with Crippen molar-refractivity contribution in [3.8, 4) is 5.75 Å². The molecule has 2 heterocycles. The zero-order valence-electron chi connectivity index (χ0n) is 12.0. The molecular formula is C14H14Cl2IN3O2. The van der Waals surface area contributed by atoms with Crippen LogP contribution in [-0.4, -0.2) is 19.6 Å². The van der Waals surface area contributed by atoms with Crippen molar-refractivity contribution in [2.75, 3.05) is 0 Å². The quantitative estimate of drug-likeness (QED) is 0.395. The number of hydrogen-bond acceptors (Lipinski definition) is 4. The molecule has 0 unspecified atom stereocenters. The fraction of sp³-hybridized carbons (Fsp3) is 0.357. The van der Waals surface area contributed by atoms with E-state index in [-0.39, 0.29) is 23.9 Å². The molecule has 8 heteroatoms. The van der Waals surface area contributed by atoms with Crippen molar-refractivity contribution in [3.63, 3.8) is 0 Å². The number of hydrogen-bond donors (Lipinski definition) is 0. The van der Waals surface area contributed by atoms with Crippen molar-refractivity contribution in [3.05, 3.63) is 49.2 Å². The molecule has 2 aromatic heterocycles. The van der Waals surface area contributed by atoms with Gasteiger partial charge in [-0.05, 0) is 42.5 Å². The molecule has 2 aromatic rings. The first kappa shape index (κ1) is 17.5. The van der Waals surface area contributed by atoms with Gasteiger partial charge in [0, 0.05) is 11.8 Å². The van der Waals surface area contributed by atoms with Crippen LogP contribution in [0.1, 0.15) is 19.4 Å². The zero-order valence-corrected chi connectivity index (χ0v) is 15.7. The average Bonchev–Trinajstić information content (AvgIpc) is 2.43. The second kappa shape index (κ2) is 7.14. The fourth-order valence-corrected chi connectivity index (χ4v) is 2.51. The summed E-state index contributed by atoms with van der Waals surface area (Å²) >= 11 is 14.3. The molecule has 118 valence electrons. The summed E-state index contributed by atoms with van der Waals surface area (Å²) in [5, 5.41) is 4.05. The van der Waals surface area contributed by atoms with Gasteiger partial charge in [0.25, 0.3) is 5.56 Å². The van der Waals surface area contributed by atoms with Gasteiger partial charge in [0.2, 0.25) is 0 Å². The maximum absolute atomic E-state index is 12.2. The molecule has 5 nitrogen and oxygen atoms in total. The van der Waals surface area contributed by atoms with Crippen molar-refractivity contribution in [2.45, 2.75) is 31.9 Å². The molecule has 0 aliphatic rings. The predicted molar refractivity (Wildman–Crippen MR) is 94.7 cm³/mol. The largest absolute Gasteiger partial charge is 0.485 e. The first-order valence-electron chi connectivity index (χ1n) is 6.44. The summed E-state index contributed by atoms with van der Waals surface area (Å²) in [5.74, 6) is 0.245. The molecule has 0 aliphatic heterocycles. The van der Waals surface area contributed by atoms with Crippen molar-refractivity contribution in [1.82, 2.24) is 14.8 Å². The van der Waals surface area contributed by atoms with E-state index in [2.05, 4.69) is 32.7 Å². The lowest BCUT2D eigenvalue weighted by molar-refractivity contribution is 0.300. The van der Waals surface area contributed by atoms with E-state index in [9.17, 15) is 4.79 Å². The topological polar surface area (TPSA) is 57.0 Å². The van der Waals surface area contributed by atoms with E-state index in [1.165, 1.54) is 10.9 Å². The number of aromatic nitrogens is 3. The molecule has 0 spiro atoms. The molecule has 0 N–H and O–H groups in total. The Morgan fingerprint density at radius 3 is 2.82 bits per heavy atom. The Morgan fingerprint density at radius 2 is 2.18 bits per heavy atom. The zero-order chi connectivity index (χ0) is 16.3.